The van der Waals surface area contributed by atoms with Crippen LogP contribution in [0.5, 0.6) is 0 Å². The number of ether oxygens (including phenoxy) is 1. The average Bonchev–Trinajstić information content (AvgIpc) is 3.28. The third-order valence-corrected chi connectivity index (χ3v) is 4.58. The molecule has 1 atom stereocenters. The molecule has 1 aliphatic heterocycles. The molecule has 2 aromatic heterocycles. The molecule has 1 aliphatic rings. The minimum atomic E-state index is -0.158. The maximum atomic E-state index is 12.8. The number of benzene rings is 1. The number of nitrogens with zero attached hydrogens (tertiary/aromatic N) is 2. The number of nitrogens with one attached hydrogen (secondary N) is 1. The number of hydrogen-bond donors (Lipinski definition) is 1. The van der Waals surface area contributed by atoms with Gasteiger partial charge >= 0.3 is 0 Å². The molecule has 5 nitrogen and oxygen atoms in total. The highest BCUT2D eigenvalue weighted by Gasteiger charge is 2.22. The van der Waals surface area contributed by atoms with Crippen LogP contribution in [0.2, 0.25) is 0 Å². The van der Waals surface area contributed by atoms with Gasteiger partial charge < -0.3 is 10.1 Å². The molecule has 25 heavy (non-hydrogen) atoms. The van der Waals surface area contributed by atoms with E-state index < -0.39 is 0 Å². The molecule has 1 aromatic carbocycles. The van der Waals surface area contributed by atoms with Gasteiger partial charge in [0.2, 0.25) is 0 Å². The summed E-state index contributed by atoms with van der Waals surface area (Å²) in [5.74, 6) is -0.158. The van der Waals surface area contributed by atoms with Crippen molar-refractivity contribution in [3.63, 3.8) is 0 Å². The third-order valence-electron chi connectivity index (χ3n) is 4.58. The average molecular weight is 335 g/mol. The first-order chi connectivity index (χ1) is 12.2. The molecule has 3 heterocycles. The Hall–Kier alpha value is -2.66. The van der Waals surface area contributed by atoms with Crippen LogP contribution in [-0.2, 0) is 4.74 Å². The SMILES string of the molecule is Cc1ccc(-c2c(C(=O)NC[C@H]3CCCO3)nc3ccccn23)cc1. The lowest BCUT2D eigenvalue weighted by Gasteiger charge is -2.11. The van der Waals surface area contributed by atoms with Crippen molar-refractivity contribution in [1.29, 1.82) is 0 Å². The van der Waals surface area contributed by atoms with Crippen LogP contribution in [0.15, 0.2) is 48.7 Å². The first-order valence-electron chi connectivity index (χ1n) is 8.66. The van der Waals surface area contributed by atoms with E-state index in [0.29, 0.717) is 12.2 Å². The standard InChI is InChI=1S/C20H21N3O2/c1-14-7-9-15(10-8-14)19-18(22-17-6-2-3-11-23(17)19)20(24)21-13-16-5-4-12-25-16/h2-3,6-11,16H,4-5,12-13H2,1H3,(H,21,24)/t16-/m1/s1. The first-order valence-corrected chi connectivity index (χ1v) is 8.66. The summed E-state index contributed by atoms with van der Waals surface area (Å²) in [6.07, 6.45) is 4.11. The minimum absolute atomic E-state index is 0.115. The summed E-state index contributed by atoms with van der Waals surface area (Å²) in [6, 6.07) is 13.9. The van der Waals surface area contributed by atoms with Gasteiger partial charge in [-0.1, -0.05) is 35.9 Å². The highest BCUT2D eigenvalue weighted by Crippen LogP contribution is 2.25. The van der Waals surface area contributed by atoms with E-state index in [-0.39, 0.29) is 12.0 Å². The summed E-state index contributed by atoms with van der Waals surface area (Å²) < 4.78 is 7.55. The van der Waals surface area contributed by atoms with Crippen LogP contribution >= 0.6 is 0 Å². The number of aromatic nitrogens is 2. The number of hydrogen-bond acceptors (Lipinski definition) is 3. The predicted octanol–water partition coefficient (Wildman–Crippen LogP) is 3.22. The highest BCUT2D eigenvalue weighted by molar-refractivity contribution is 5.99. The lowest BCUT2D eigenvalue weighted by molar-refractivity contribution is 0.0855. The number of pyridine rings is 1. The van der Waals surface area contributed by atoms with Gasteiger partial charge in [-0.05, 0) is 31.9 Å². The maximum Gasteiger partial charge on any atom is 0.272 e. The fourth-order valence-electron chi connectivity index (χ4n) is 3.24. The summed E-state index contributed by atoms with van der Waals surface area (Å²) in [7, 11) is 0. The molecule has 0 bridgehead atoms. The summed E-state index contributed by atoms with van der Waals surface area (Å²) >= 11 is 0. The van der Waals surface area contributed by atoms with Crippen LogP contribution in [0.4, 0.5) is 0 Å². The molecule has 0 unspecified atom stereocenters. The molecule has 1 saturated heterocycles. The van der Waals surface area contributed by atoms with Crippen molar-refractivity contribution in [3.05, 3.63) is 59.9 Å². The molecular weight excluding hydrogens is 314 g/mol. The van der Waals surface area contributed by atoms with Crippen molar-refractivity contribution in [3.8, 4) is 11.3 Å². The maximum absolute atomic E-state index is 12.8. The Morgan fingerprint density at radius 1 is 1.28 bits per heavy atom. The zero-order valence-electron chi connectivity index (χ0n) is 14.2. The number of amides is 1. The fourth-order valence-corrected chi connectivity index (χ4v) is 3.24. The number of fused-ring (bicyclic) bond motifs is 1. The molecule has 4 rings (SSSR count). The van der Waals surface area contributed by atoms with E-state index >= 15 is 0 Å². The molecule has 0 spiro atoms. The number of imidazole rings is 1. The Balaban J connectivity index is 1.70. The minimum Gasteiger partial charge on any atom is -0.376 e. The number of carbonyl (C=O) groups is 1. The zero-order chi connectivity index (χ0) is 17.2. The molecule has 1 N–H and O–H groups in total. The highest BCUT2D eigenvalue weighted by atomic mass is 16.5. The van der Waals surface area contributed by atoms with Gasteiger partial charge in [-0.3, -0.25) is 9.20 Å². The van der Waals surface area contributed by atoms with Crippen LogP contribution in [-0.4, -0.2) is 34.5 Å². The van der Waals surface area contributed by atoms with Crippen molar-refractivity contribution in [2.75, 3.05) is 13.2 Å². The van der Waals surface area contributed by atoms with Crippen molar-refractivity contribution in [1.82, 2.24) is 14.7 Å². The van der Waals surface area contributed by atoms with E-state index in [0.717, 1.165) is 36.4 Å². The van der Waals surface area contributed by atoms with E-state index in [1.165, 1.54) is 5.56 Å². The van der Waals surface area contributed by atoms with Crippen LogP contribution in [0.3, 0.4) is 0 Å². The number of carbonyl (C=O) groups excluding carboxylic acids is 1. The third kappa shape index (κ3) is 3.15. The lowest BCUT2D eigenvalue weighted by atomic mass is 10.1. The summed E-state index contributed by atoms with van der Waals surface area (Å²) in [5, 5.41) is 2.98. The van der Waals surface area contributed by atoms with Crippen LogP contribution in [0.1, 0.15) is 28.9 Å². The van der Waals surface area contributed by atoms with Crippen molar-refractivity contribution < 1.29 is 9.53 Å². The van der Waals surface area contributed by atoms with E-state index in [1.807, 2.05) is 60.0 Å². The van der Waals surface area contributed by atoms with Crippen LogP contribution < -0.4 is 5.32 Å². The van der Waals surface area contributed by atoms with Crippen molar-refractivity contribution >= 4 is 11.6 Å². The molecule has 0 aliphatic carbocycles. The fraction of sp³-hybridized carbons (Fsp3) is 0.300. The predicted molar refractivity (Wildman–Crippen MR) is 96.7 cm³/mol. The zero-order valence-corrected chi connectivity index (χ0v) is 14.2. The quantitative estimate of drug-likeness (QED) is 0.796. The van der Waals surface area contributed by atoms with Crippen LogP contribution in [0.25, 0.3) is 16.9 Å². The Labute approximate surface area is 146 Å². The van der Waals surface area contributed by atoms with Crippen molar-refractivity contribution in [2.24, 2.45) is 0 Å². The van der Waals surface area contributed by atoms with Gasteiger partial charge in [-0.2, -0.15) is 0 Å². The molecule has 3 aromatic rings. The van der Waals surface area contributed by atoms with Crippen LogP contribution in [0, 0.1) is 6.92 Å². The van der Waals surface area contributed by atoms with Gasteiger partial charge in [-0.25, -0.2) is 4.98 Å². The molecule has 5 heteroatoms. The van der Waals surface area contributed by atoms with Gasteiger partial charge in [0.25, 0.3) is 5.91 Å². The Bertz CT molecular complexity index is 893. The molecule has 128 valence electrons. The van der Waals surface area contributed by atoms with E-state index in [9.17, 15) is 4.79 Å². The summed E-state index contributed by atoms with van der Waals surface area (Å²) in [5.41, 5.74) is 4.20. The first kappa shape index (κ1) is 15.8. The van der Waals surface area contributed by atoms with Crippen molar-refractivity contribution in [2.45, 2.75) is 25.9 Å². The second kappa shape index (κ2) is 6.69. The van der Waals surface area contributed by atoms with Gasteiger partial charge in [0.05, 0.1) is 11.8 Å². The summed E-state index contributed by atoms with van der Waals surface area (Å²) in [6.45, 7) is 3.36. The van der Waals surface area contributed by atoms with Gasteiger partial charge in [0.15, 0.2) is 5.69 Å². The Kier molecular flexibility index (Phi) is 4.24. The molecule has 1 fully saturated rings. The molecule has 0 radical (unpaired) electrons. The number of rotatable bonds is 4. The molecule has 0 saturated carbocycles. The van der Waals surface area contributed by atoms with Gasteiger partial charge in [0.1, 0.15) is 5.65 Å². The normalized spacial score (nSPS) is 17.1. The van der Waals surface area contributed by atoms with Gasteiger partial charge in [0, 0.05) is 24.9 Å². The second-order valence-electron chi connectivity index (χ2n) is 6.45. The molecule has 1 amide bonds. The largest absolute Gasteiger partial charge is 0.376 e. The molecular formula is C20H21N3O2. The monoisotopic (exact) mass is 335 g/mol. The topological polar surface area (TPSA) is 55.6 Å². The Morgan fingerprint density at radius 3 is 2.88 bits per heavy atom. The van der Waals surface area contributed by atoms with Gasteiger partial charge in [-0.15, -0.1) is 0 Å². The van der Waals surface area contributed by atoms with E-state index in [1.54, 1.807) is 0 Å². The smallest absolute Gasteiger partial charge is 0.272 e. The van der Waals surface area contributed by atoms with E-state index in [2.05, 4.69) is 10.3 Å². The summed E-state index contributed by atoms with van der Waals surface area (Å²) in [4.78, 5) is 17.4. The lowest BCUT2D eigenvalue weighted by Crippen LogP contribution is -2.32. The Morgan fingerprint density at radius 2 is 2.12 bits per heavy atom. The van der Waals surface area contributed by atoms with E-state index in [4.69, 9.17) is 4.74 Å². The second-order valence-corrected chi connectivity index (χ2v) is 6.45. The number of aryl methyl sites for hydroxylation is 1.